The standard InChI is InChI=1S/C13H18ClFN2O/c1-8(7-16-3)13(18)17-9(2)12-10(14)5-4-6-11(12)15/h4-6,8-9,16H,7H2,1-3H3,(H,17,18). The Balaban J connectivity index is 2.76. The molecule has 0 aliphatic heterocycles. The first-order valence-corrected chi connectivity index (χ1v) is 6.24. The van der Waals surface area contributed by atoms with Crippen LogP contribution in [0.25, 0.3) is 0 Å². The van der Waals surface area contributed by atoms with Crippen molar-refractivity contribution in [3.05, 3.63) is 34.6 Å². The number of benzene rings is 1. The van der Waals surface area contributed by atoms with Gasteiger partial charge in [-0.15, -0.1) is 0 Å². The first-order chi connectivity index (χ1) is 8.47. The highest BCUT2D eigenvalue weighted by Gasteiger charge is 2.19. The Hall–Kier alpha value is -1.13. The van der Waals surface area contributed by atoms with Crippen molar-refractivity contribution in [3.63, 3.8) is 0 Å². The number of nitrogens with one attached hydrogen (secondary N) is 2. The predicted molar refractivity (Wildman–Crippen MR) is 71.1 cm³/mol. The molecule has 0 radical (unpaired) electrons. The monoisotopic (exact) mass is 272 g/mol. The minimum atomic E-state index is -0.453. The fourth-order valence-electron chi connectivity index (χ4n) is 1.75. The molecule has 5 heteroatoms. The molecule has 100 valence electrons. The highest BCUT2D eigenvalue weighted by atomic mass is 35.5. The minimum Gasteiger partial charge on any atom is -0.349 e. The van der Waals surface area contributed by atoms with Gasteiger partial charge in [0, 0.05) is 23.0 Å². The molecule has 0 saturated carbocycles. The lowest BCUT2D eigenvalue weighted by atomic mass is 10.1. The normalized spacial score (nSPS) is 14.1. The number of hydrogen-bond acceptors (Lipinski definition) is 2. The van der Waals surface area contributed by atoms with Gasteiger partial charge in [0.1, 0.15) is 5.82 Å². The summed E-state index contributed by atoms with van der Waals surface area (Å²) in [6.45, 7) is 4.10. The van der Waals surface area contributed by atoms with Crippen LogP contribution in [0, 0.1) is 11.7 Å². The van der Waals surface area contributed by atoms with Gasteiger partial charge in [0.2, 0.25) is 5.91 Å². The van der Waals surface area contributed by atoms with Gasteiger partial charge in [0.05, 0.1) is 6.04 Å². The zero-order chi connectivity index (χ0) is 13.7. The molecular weight excluding hydrogens is 255 g/mol. The number of carbonyl (C=O) groups is 1. The maximum Gasteiger partial charge on any atom is 0.224 e. The largest absolute Gasteiger partial charge is 0.349 e. The molecule has 0 spiro atoms. The van der Waals surface area contributed by atoms with E-state index in [0.717, 1.165) is 0 Å². The summed E-state index contributed by atoms with van der Waals surface area (Å²) in [6, 6.07) is 4.03. The Morgan fingerprint density at radius 3 is 2.67 bits per heavy atom. The third-order valence-electron chi connectivity index (χ3n) is 2.75. The molecule has 0 fully saturated rings. The third kappa shape index (κ3) is 3.68. The van der Waals surface area contributed by atoms with E-state index in [9.17, 15) is 9.18 Å². The number of halogens is 2. The van der Waals surface area contributed by atoms with Crippen LogP contribution >= 0.6 is 11.6 Å². The van der Waals surface area contributed by atoms with E-state index in [1.54, 1.807) is 26.1 Å². The summed E-state index contributed by atoms with van der Waals surface area (Å²) in [5.41, 5.74) is 0.323. The summed E-state index contributed by atoms with van der Waals surface area (Å²) in [7, 11) is 1.78. The molecule has 2 atom stereocenters. The summed E-state index contributed by atoms with van der Waals surface area (Å²) >= 11 is 5.94. The van der Waals surface area contributed by atoms with E-state index in [2.05, 4.69) is 10.6 Å². The molecule has 3 nitrogen and oxygen atoms in total. The fraction of sp³-hybridized carbons (Fsp3) is 0.462. The zero-order valence-corrected chi connectivity index (χ0v) is 11.5. The van der Waals surface area contributed by atoms with Crippen LogP contribution in [-0.4, -0.2) is 19.5 Å². The SMILES string of the molecule is CNCC(C)C(=O)NC(C)c1c(F)cccc1Cl. The van der Waals surface area contributed by atoms with Crippen molar-refractivity contribution >= 4 is 17.5 Å². The van der Waals surface area contributed by atoms with Crippen molar-refractivity contribution < 1.29 is 9.18 Å². The Morgan fingerprint density at radius 1 is 1.44 bits per heavy atom. The molecule has 0 bridgehead atoms. The first kappa shape index (κ1) is 14.9. The third-order valence-corrected chi connectivity index (χ3v) is 3.08. The van der Waals surface area contributed by atoms with Gasteiger partial charge in [-0.25, -0.2) is 4.39 Å². The van der Waals surface area contributed by atoms with Crippen LogP contribution in [0.3, 0.4) is 0 Å². The highest BCUT2D eigenvalue weighted by Crippen LogP contribution is 2.25. The maximum absolute atomic E-state index is 13.7. The second-order valence-electron chi connectivity index (χ2n) is 4.32. The van der Waals surface area contributed by atoms with Gasteiger partial charge in [-0.05, 0) is 26.1 Å². The summed E-state index contributed by atoms with van der Waals surface area (Å²) in [4.78, 5) is 11.8. The molecule has 0 aromatic heterocycles. The van der Waals surface area contributed by atoms with Gasteiger partial charge in [0.25, 0.3) is 0 Å². The Morgan fingerprint density at radius 2 is 2.11 bits per heavy atom. The van der Waals surface area contributed by atoms with Crippen LogP contribution in [0.1, 0.15) is 25.5 Å². The van der Waals surface area contributed by atoms with Gasteiger partial charge >= 0.3 is 0 Å². The van der Waals surface area contributed by atoms with Crippen molar-refractivity contribution in [2.75, 3.05) is 13.6 Å². The Kier molecular flexibility index (Phi) is 5.56. The Labute approximate surface area is 112 Å². The van der Waals surface area contributed by atoms with E-state index in [4.69, 9.17) is 11.6 Å². The van der Waals surface area contributed by atoms with Crippen LogP contribution in [0.5, 0.6) is 0 Å². The lowest BCUT2D eigenvalue weighted by Crippen LogP contribution is -2.36. The average molecular weight is 273 g/mol. The summed E-state index contributed by atoms with van der Waals surface area (Å²) in [6.07, 6.45) is 0. The van der Waals surface area contributed by atoms with Gasteiger partial charge in [0.15, 0.2) is 0 Å². The van der Waals surface area contributed by atoms with E-state index in [1.807, 2.05) is 6.92 Å². The highest BCUT2D eigenvalue weighted by molar-refractivity contribution is 6.31. The lowest BCUT2D eigenvalue weighted by molar-refractivity contribution is -0.125. The van der Waals surface area contributed by atoms with Crippen molar-refractivity contribution in [1.82, 2.24) is 10.6 Å². The number of rotatable bonds is 5. The molecule has 0 aliphatic rings. The molecule has 1 aromatic carbocycles. The van der Waals surface area contributed by atoms with Crippen molar-refractivity contribution in [2.24, 2.45) is 5.92 Å². The first-order valence-electron chi connectivity index (χ1n) is 5.86. The predicted octanol–water partition coefficient (Wildman–Crippen LogP) is 2.51. The van der Waals surface area contributed by atoms with Crippen molar-refractivity contribution in [2.45, 2.75) is 19.9 Å². The van der Waals surface area contributed by atoms with Crippen LogP contribution in [0.15, 0.2) is 18.2 Å². The number of amides is 1. The summed E-state index contributed by atoms with van der Waals surface area (Å²) < 4.78 is 13.7. The van der Waals surface area contributed by atoms with E-state index in [-0.39, 0.29) is 11.8 Å². The van der Waals surface area contributed by atoms with Crippen LogP contribution < -0.4 is 10.6 Å². The summed E-state index contributed by atoms with van der Waals surface area (Å²) in [5.74, 6) is -0.712. The molecule has 1 rings (SSSR count). The van der Waals surface area contributed by atoms with Gasteiger partial charge < -0.3 is 10.6 Å². The quantitative estimate of drug-likeness (QED) is 0.865. The van der Waals surface area contributed by atoms with E-state index in [0.29, 0.717) is 17.1 Å². The molecular formula is C13H18ClFN2O. The second-order valence-corrected chi connectivity index (χ2v) is 4.73. The van der Waals surface area contributed by atoms with E-state index < -0.39 is 11.9 Å². The Bertz CT molecular complexity index is 405. The molecule has 2 unspecified atom stereocenters. The van der Waals surface area contributed by atoms with E-state index >= 15 is 0 Å². The van der Waals surface area contributed by atoms with E-state index in [1.165, 1.54) is 6.07 Å². The molecule has 1 amide bonds. The zero-order valence-electron chi connectivity index (χ0n) is 10.8. The molecule has 0 aliphatic carbocycles. The van der Waals surface area contributed by atoms with Crippen molar-refractivity contribution in [3.8, 4) is 0 Å². The fourth-order valence-corrected chi connectivity index (χ4v) is 2.08. The molecule has 0 heterocycles. The number of hydrogen-bond donors (Lipinski definition) is 2. The average Bonchev–Trinajstić information content (AvgIpc) is 2.28. The molecule has 2 N–H and O–H groups in total. The molecule has 0 saturated heterocycles. The molecule has 1 aromatic rings. The smallest absolute Gasteiger partial charge is 0.224 e. The number of carbonyl (C=O) groups excluding carboxylic acids is 1. The van der Waals surface area contributed by atoms with Gasteiger partial charge in [-0.1, -0.05) is 24.6 Å². The van der Waals surface area contributed by atoms with Crippen LogP contribution in [0.4, 0.5) is 4.39 Å². The summed E-state index contributed by atoms with van der Waals surface area (Å²) in [5, 5.41) is 6.01. The van der Waals surface area contributed by atoms with Gasteiger partial charge in [-0.2, -0.15) is 0 Å². The van der Waals surface area contributed by atoms with Crippen molar-refractivity contribution in [1.29, 1.82) is 0 Å². The maximum atomic E-state index is 13.7. The molecule has 18 heavy (non-hydrogen) atoms. The minimum absolute atomic E-state index is 0.129. The van der Waals surface area contributed by atoms with Crippen LogP contribution in [-0.2, 0) is 4.79 Å². The topological polar surface area (TPSA) is 41.1 Å². The lowest BCUT2D eigenvalue weighted by Gasteiger charge is -2.19. The van der Waals surface area contributed by atoms with Crippen LogP contribution in [0.2, 0.25) is 5.02 Å². The van der Waals surface area contributed by atoms with Gasteiger partial charge in [-0.3, -0.25) is 4.79 Å². The second kappa shape index (κ2) is 6.71.